The van der Waals surface area contributed by atoms with Crippen LogP contribution in [0, 0.1) is 13.8 Å². The van der Waals surface area contributed by atoms with Gasteiger partial charge in [0.2, 0.25) is 21.8 Å². The Labute approximate surface area is 231 Å². The van der Waals surface area contributed by atoms with Gasteiger partial charge >= 0.3 is 0 Å². The molecule has 0 saturated heterocycles. The van der Waals surface area contributed by atoms with E-state index in [9.17, 15) is 18.0 Å². The van der Waals surface area contributed by atoms with Gasteiger partial charge in [-0.1, -0.05) is 41.4 Å². The third-order valence-corrected chi connectivity index (χ3v) is 7.94. The highest BCUT2D eigenvalue weighted by atomic mass is 35.5. The van der Waals surface area contributed by atoms with Crippen LogP contribution in [0.25, 0.3) is 0 Å². The Morgan fingerprint density at radius 3 is 2.14 bits per heavy atom. The minimum absolute atomic E-state index is 0.0338. The van der Waals surface area contributed by atoms with Gasteiger partial charge in [0.15, 0.2) is 0 Å². The molecule has 204 valence electrons. The van der Waals surface area contributed by atoms with Crippen molar-refractivity contribution in [3.8, 4) is 0 Å². The molecule has 0 aromatic heterocycles. The highest BCUT2D eigenvalue weighted by Crippen LogP contribution is 2.28. The summed E-state index contributed by atoms with van der Waals surface area (Å²) in [5, 5.41) is 3.70. The highest BCUT2D eigenvalue weighted by molar-refractivity contribution is 7.92. The lowest BCUT2D eigenvalue weighted by molar-refractivity contribution is -0.141. The number of carbonyl (C=O) groups excluding carboxylic acids is 2. The van der Waals surface area contributed by atoms with Crippen molar-refractivity contribution in [1.82, 2.24) is 10.2 Å². The van der Waals surface area contributed by atoms with Crippen LogP contribution in [0.2, 0.25) is 10.0 Å². The van der Waals surface area contributed by atoms with Gasteiger partial charge in [-0.15, -0.1) is 0 Å². The summed E-state index contributed by atoms with van der Waals surface area (Å²) < 4.78 is 26.5. The van der Waals surface area contributed by atoms with Gasteiger partial charge in [-0.05, 0) is 77.3 Å². The fourth-order valence-corrected chi connectivity index (χ4v) is 5.43. The first kappa shape index (κ1) is 30.9. The second kappa shape index (κ2) is 12.5. The summed E-state index contributed by atoms with van der Waals surface area (Å²) in [6, 6.07) is 9.76. The van der Waals surface area contributed by atoms with Crippen molar-refractivity contribution in [1.29, 1.82) is 0 Å². The molecular formula is C27H37Cl2N3O4S. The van der Waals surface area contributed by atoms with E-state index < -0.39 is 21.6 Å². The smallest absolute Gasteiger partial charge is 0.242 e. The normalized spacial score (nSPS) is 12.7. The Kier molecular flexibility index (Phi) is 10.5. The molecule has 37 heavy (non-hydrogen) atoms. The number of hydrogen-bond donors (Lipinski definition) is 1. The van der Waals surface area contributed by atoms with Gasteiger partial charge in [0.1, 0.15) is 6.04 Å². The van der Waals surface area contributed by atoms with E-state index in [1.54, 1.807) is 31.2 Å². The predicted octanol–water partition coefficient (Wildman–Crippen LogP) is 5.49. The number of aryl methyl sites for hydroxylation is 1. The molecular weight excluding hydrogens is 533 g/mol. The maximum atomic E-state index is 13.5. The van der Waals surface area contributed by atoms with Gasteiger partial charge in [0.25, 0.3) is 0 Å². The first-order chi connectivity index (χ1) is 17.0. The highest BCUT2D eigenvalue weighted by Gasteiger charge is 2.29. The maximum Gasteiger partial charge on any atom is 0.242 e. The summed E-state index contributed by atoms with van der Waals surface area (Å²) >= 11 is 12.7. The van der Waals surface area contributed by atoms with Crippen molar-refractivity contribution >= 4 is 50.7 Å². The summed E-state index contributed by atoms with van der Waals surface area (Å²) in [5.74, 6) is -0.612. The lowest BCUT2D eigenvalue weighted by atomic mass is 10.1. The Hall–Kier alpha value is -2.29. The molecule has 0 radical (unpaired) electrons. The third-order valence-electron chi connectivity index (χ3n) is 6.05. The lowest BCUT2D eigenvalue weighted by Gasteiger charge is -2.32. The molecule has 2 amide bonds. The number of anilines is 1. The maximum absolute atomic E-state index is 13.5. The first-order valence-corrected chi connectivity index (χ1v) is 14.7. The van der Waals surface area contributed by atoms with Crippen LogP contribution < -0.4 is 9.62 Å². The van der Waals surface area contributed by atoms with Crippen LogP contribution in [0.15, 0.2) is 36.4 Å². The van der Waals surface area contributed by atoms with Crippen molar-refractivity contribution in [2.75, 3.05) is 17.1 Å². The molecule has 2 aromatic carbocycles. The Balaban J connectivity index is 2.28. The number of halogens is 2. The van der Waals surface area contributed by atoms with Gasteiger partial charge < -0.3 is 10.2 Å². The van der Waals surface area contributed by atoms with Gasteiger partial charge in [-0.3, -0.25) is 13.9 Å². The number of amides is 2. The average molecular weight is 571 g/mol. The van der Waals surface area contributed by atoms with Crippen molar-refractivity contribution < 1.29 is 18.0 Å². The van der Waals surface area contributed by atoms with Crippen molar-refractivity contribution in [3.63, 3.8) is 0 Å². The van der Waals surface area contributed by atoms with E-state index in [2.05, 4.69) is 5.32 Å². The molecule has 0 heterocycles. The molecule has 0 aliphatic carbocycles. The molecule has 1 unspecified atom stereocenters. The summed E-state index contributed by atoms with van der Waals surface area (Å²) in [7, 11) is -3.58. The van der Waals surface area contributed by atoms with Crippen molar-refractivity contribution in [2.45, 2.75) is 72.5 Å². The zero-order chi connectivity index (χ0) is 28.1. The van der Waals surface area contributed by atoms with E-state index in [1.165, 1.54) is 9.21 Å². The number of nitrogens with zero attached hydrogens (tertiary/aromatic N) is 2. The summed E-state index contributed by atoms with van der Waals surface area (Å²) in [6.07, 6.45) is 1.45. The number of nitrogens with one attached hydrogen (secondary N) is 1. The molecule has 0 aliphatic rings. The topological polar surface area (TPSA) is 86.8 Å². The van der Waals surface area contributed by atoms with Crippen LogP contribution in [-0.2, 0) is 26.2 Å². The zero-order valence-corrected chi connectivity index (χ0v) is 24.9. The van der Waals surface area contributed by atoms with Gasteiger partial charge in [0.05, 0.1) is 11.9 Å². The summed E-state index contributed by atoms with van der Waals surface area (Å²) in [5.41, 5.74) is 2.49. The van der Waals surface area contributed by atoms with E-state index in [1.807, 2.05) is 46.8 Å². The minimum atomic E-state index is -3.58. The van der Waals surface area contributed by atoms with Crippen LogP contribution in [0.3, 0.4) is 0 Å². The number of rotatable bonds is 10. The molecule has 0 aliphatic heterocycles. The van der Waals surface area contributed by atoms with Crippen LogP contribution in [0.5, 0.6) is 0 Å². The van der Waals surface area contributed by atoms with Gasteiger partial charge in [-0.25, -0.2) is 8.42 Å². The Morgan fingerprint density at radius 2 is 1.59 bits per heavy atom. The number of benzene rings is 2. The third kappa shape index (κ3) is 8.62. The summed E-state index contributed by atoms with van der Waals surface area (Å²) in [6.45, 7) is 11.2. The molecule has 0 fully saturated rings. The van der Waals surface area contributed by atoms with Crippen molar-refractivity contribution in [3.05, 3.63) is 63.1 Å². The Morgan fingerprint density at radius 1 is 1.03 bits per heavy atom. The predicted molar refractivity (Wildman–Crippen MR) is 152 cm³/mol. The molecule has 2 rings (SSSR count). The number of hydrogen-bond acceptors (Lipinski definition) is 4. The molecule has 1 atom stereocenters. The number of sulfonamides is 1. The van der Waals surface area contributed by atoms with E-state index in [0.717, 1.165) is 17.4 Å². The minimum Gasteiger partial charge on any atom is -0.350 e. The molecule has 7 nitrogen and oxygen atoms in total. The van der Waals surface area contributed by atoms with E-state index in [-0.39, 0.29) is 37.7 Å². The first-order valence-electron chi connectivity index (χ1n) is 12.1. The van der Waals surface area contributed by atoms with E-state index in [0.29, 0.717) is 21.3 Å². The molecule has 2 aromatic rings. The standard InChI is InChI=1S/C27H37Cl2N3O4S/c1-18-11-8-14-24(19(18)2)32(37(7,35)36)16-10-15-25(33)31(20(3)26(34)30-27(4,5)6)17-21-22(28)12-9-13-23(21)29/h8-9,11-14,20H,10,15-17H2,1-7H3,(H,30,34). The fraction of sp³-hybridized carbons (Fsp3) is 0.481. The quantitative estimate of drug-likeness (QED) is 0.410. The second-order valence-corrected chi connectivity index (χ2v) is 13.0. The van der Waals surface area contributed by atoms with Crippen molar-refractivity contribution in [2.24, 2.45) is 0 Å². The average Bonchev–Trinajstić information content (AvgIpc) is 2.76. The number of carbonyl (C=O) groups is 2. The van der Waals surface area contributed by atoms with E-state index >= 15 is 0 Å². The van der Waals surface area contributed by atoms with E-state index in [4.69, 9.17) is 23.2 Å². The lowest BCUT2D eigenvalue weighted by Crippen LogP contribution is -2.52. The summed E-state index contributed by atoms with van der Waals surface area (Å²) in [4.78, 5) is 27.9. The monoisotopic (exact) mass is 569 g/mol. The largest absolute Gasteiger partial charge is 0.350 e. The van der Waals surface area contributed by atoms with Gasteiger partial charge in [0, 0.05) is 40.7 Å². The molecule has 0 saturated carbocycles. The second-order valence-electron chi connectivity index (χ2n) is 10.3. The van der Waals surface area contributed by atoms with Crippen LogP contribution in [0.1, 0.15) is 57.2 Å². The SMILES string of the molecule is Cc1cccc(N(CCCC(=O)N(Cc2c(Cl)cccc2Cl)C(C)C(=O)NC(C)(C)C)S(C)(=O)=O)c1C. The molecule has 0 spiro atoms. The molecule has 1 N–H and O–H groups in total. The fourth-order valence-electron chi connectivity index (χ4n) is 3.90. The zero-order valence-electron chi connectivity index (χ0n) is 22.6. The molecule has 10 heteroatoms. The van der Waals surface area contributed by atoms with Gasteiger partial charge in [-0.2, -0.15) is 0 Å². The Bertz CT molecular complexity index is 1220. The van der Waals surface area contributed by atoms with Crippen LogP contribution >= 0.6 is 23.2 Å². The van der Waals surface area contributed by atoms with Crippen LogP contribution in [-0.4, -0.2) is 49.5 Å². The molecule has 0 bridgehead atoms. The van der Waals surface area contributed by atoms with Crippen LogP contribution in [0.4, 0.5) is 5.69 Å².